The van der Waals surface area contributed by atoms with Crippen LogP contribution < -0.4 is 5.32 Å². The van der Waals surface area contributed by atoms with Gasteiger partial charge >= 0.3 is 0 Å². The van der Waals surface area contributed by atoms with Crippen LogP contribution in [0, 0.1) is 0 Å². The quantitative estimate of drug-likeness (QED) is 0.747. The standard InChI is InChI=1S/C12H21N3/c1-13-8-4-7-12-11(9-15(2)14-12)10-5-3-6-10/h9-10,13H,3-8H2,1-2H3. The van der Waals surface area contributed by atoms with Gasteiger partial charge in [0.25, 0.3) is 0 Å². The second-order valence-corrected chi connectivity index (χ2v) is 4.54. The molecule has 3 nitrogen and oxygen atoms in total. The Hall–Kier alpha value is -0.830. The Kier molecular flexibility index (Phi) is 3.41. The van der Waals surface area contributed by atoms with Crippen molar-refractivity contribution in [3.8, 4) is 0 Å². The van der Waals surface area contributed by atoms with Crippen molar-refractivity contribution in [2.24, 2.45) is 7.05 Å². The van der Waals surface area contributed by atoms with E-state index in [9.17, 15) is 0 Å². The molecule has 1 aliphatic carbocycles. The van der Waals surface area contributed by atoms with Crippen molar-refractivity contribution < 1.29 is 0 Å². The SMILES string of the molecule is CNCCCc1nn(C)cc1C1CCC1. The van der Waals surface area contributed by atoms with E-state index in [1.165, 1.54) is 36.9 Å². The lowest BCUT2D eigenvalue weighted by molar-refractivity contribution is 0.417. The Morgan fingerprint density at radius 1 is 1.53 bits per heavy atom. The lowest BCUT2D eigenvalue weighted by Crippen LogP contribution is -2.12. The Morgan fingerprint density at radius 3 is 2.93 bits per heavy atom. The Morgan fingerprint density at radius 2 is 2.33 bits per heavy atom. The number of hydrogen-bond donors (Lipinski definition) is 1. The van der Waals surface area contributed by atoms with Crippen LogP contribution in [0.3, 0.4) is 0 Å². The van der Waals surface area contributed by atoms with E-state index in [-0.39, 0.29) is 0 Å². The first-order valence-corrected chi connectivity index (χ1v) is 5.98. The molecule has 1 aromatic rings. The maximum absolute atomic E-state index is 4.57. The summed E-state index contributed by atoms with van der Waals surface area (Å²) in [4.78, 5) is 0. The molecule has 3 heteroatoms. The lowest BCUT2D eigenvalue weighted by atomic mass is 9.80. The molecule has 0 radical (unpaired) electrons. The summed E-state index contributed by atoms with van der Waals surface area (Å²) < 4.78 is 1.97. The zero-order valence-corrected chi connectivity index (χ0v) is 9.79. The van der Waals surface area contributed by atoms with Crippen LogP contribution in [0.2, 0.25) is 0 Å². The van der Waals surface area contributed by atoms with Gasteiger partial charge in [0.1, 0.15) is 0 Å². The van der Waals surface area contributed by atoms with Crippen molar-refractivity contribution in [2.45, 2.75) is 38.0 Å². The second-order valence-electron chi connectivity index (χ2n) is 4.54. The van der Waals surface area contributed by atoms with Crippen LogP contribution >= 0.6 is 0 Å². The van der Waals surface area contributed by atoms with Gasteiger partial charge in [-0.25, -0.2) is 0 Å². The lowest BCUT2D eigenvalue weighted by Gasteiger charge is -2.25. The van der Waals surface area contributed by atoms with Gasteiger partial charge in [0.2, 0.25) is 0 Å². The van der Waals surface area contributed by atoms with Gasteiger partial charge in [-0.1, -0.05) is 6.42 Å². The van der Waals surface area contributed by atoms with Crippen LogP contribution in [-0.4, -0.2) is 23.4 Å². The predicted molar refractivity (Wildman–Crippen MR) is 62.0 cm³/mol. The average molecular weight is 207 g/mol. The molecule has 1 aliphatic rings. The molecule has 0 saturated heterocycles. The van der Waals surface area contributed by atoms with Crippen molar-refractivity contribution >= 4 is 0 Å². The maximum atomic E-state index is 4.57. The molecule has 0 aliphatic heterocycles. The molecule has 0 unspecified atom stereocenters. The van der Waals surface area contributed by atoms with Crippen molar-refractivity contribution in [1.82, 2.24) is 15.1 Å². The molecular formula is C12H21N3. The van der Waals surface area contributed by atoms with Crippen molar-refractivity contribution in [1.29, 1.82) is 0 Å². The monoisotopic (exact) mass is 207 g/mol. The first-order valence-electron chi connectivity index (χ1n) is 5.98. The Bertz CT molecular complexity index is 313. The molecular weight excluding hydrogens is 186 g/mol. The fraction of sp³-hybridized carbons (Fsp3) is 0.750. The van der Waals surface area contributed by atoms with Gasteiger partial charge < -0.3 is 5.32 Å². The Labute approximate surface area is 91.9 Å². The second kappa shape index (κ2) is 4.79. The van der Waals surface area contributed by atoms with Gasteiger partial charge in [0, 0.05) is 13.2 Å². The number of hydrogen-bond acceptors (Lipinski definition) is 2. The van der Waals surface area contributed by atoms with E-state index in [1.54, 1.807) is 0 Å². The third-order valence-electron chi connectivity index (χ3n) is 3.32. The van der Waals surface area contributed by atoms with Gasteiger partial charge in [-0.05, 0) is 50.8 Å². The summed E-state index contributed by atoms with van der Waals surface area (Å²) in [7, 11) is 4.04. The van der Waals surface area contributed by atoms with E-state index in [0.717, 1.165) is 18.9 Å². The van der Waals surface area contributed by atoms with Gasteiger partial charge in [0.15, 0.2) is 0 Å². The maximum Gasteiger partial charge on any atom is 0.0659 e. The molecule has 1 N–H and O–H groups in total. The first-order chi connectivity index (χ1) is 7.31. The van der Waals surface area contributed by atoms with Gasteiger partial charge in [0.05, 0.1) is 5.69 Å². The summed E-state index contributed by atoms with van der Waals surface area (Å²) in [5.74, 6) is 0.809. The number of nitrogens with one attached hydrogen (secondary N) is 1. The van der Waals surface area contributed by atoms with E-state index in [1.807, 2.05) is 18.8 Å². The minimum atomic E-state index is 0.809. The topological polar surface area (TPSA) is 29.9 Å². The smallest absolute Gasteiger partial charge is 0.0659 e. The molecule has 1 fully saturated rings. The molecule has 2 rings (SSSR count). The van der Waals surface area contributed by atoms with Crippen LogP contribution in [0.1, 0.15) is 42.9 Å². The van der Waals surface area contributed by atoms with Gasteiger partial charge in [-0.15, -0.1) is 0 Å². The summed E-state index contributed by atoms with van der Waals surface area (Å²) in [6.45, 7) is 1.08. The summed E-state index contributed by atoms with van der Waals surface area (Å²) in [6.07, 6.45) is 8.66. The van der Waals surface area contributed by atoms with Crippen molar-refractivity contribution in [2.75, 3.05) is 13.6 Å². The molecule has 1 aromatic heterocycles. The fourth-order valence-corrected chi connectivity index (χ4v) is 2.24. The van der Waals surface area contributed by atoms with Crippen LogP contribution in [0.25, 0.3) is 0 Å². The number of nitrogens with zero attached hydrogens (tertiary/aromatic N) is 2. The number of aromatic nitrogens is 2. The molecule has 0 aromatic carbocycles. The molecule has 1 heterocycles. The zero-order valence-electron chi connectivity index (χ0n) is 9.79. The molecule has 84 valence electrons. The van der Waals surface area contributed by atoms with Crippen LogP contribution in [0.5, 0.6) is 0 Å². The molecule has 15 heavy (non-hydrogen) atoms. The highest BCUT2D eigenvalue weighted by Crippen LogP contribution is 2.37. The number of aryl methyl sites for hydroxylation is 2. The van der Waals surface area contributed by atoms with E-state index in [4.69, 9.17) is 0 Å². The number of rotatable bonds is 5. The highest BCUT2D eigenvalue weighted by atomic mass is 15.3. The zero-order chi connectivity index (χ0) is 10.7. The third-order valence-corrected chi connectivity index (χ3v) is 3.32. The highest BCUT2D eigenvalue weighted by molar-refractivity contribution is 5.24. The van der Waals surface area contributed by atoms with Gasteiger partial charge in [-0.3, -0.25) is 4.68 Å². The van der Waals surface area contributed by atoms with Crippen LogP contribution in [-0.2, 0) is 13.5 Å². The van der Waals surface area contributed by atoms with Crippen LogP contribution in [0.4, 0.5) is 0 Å². The first kappa shape index (κ1) is 10.7. The van der Waals surface area contributed by atoms with E-state index >= 15 is 0 Å². The molecule has 0 atom stereocenters. The highest BCUT2D eigenvalue weighted by Gasteiger charge is 2.23. The van der Waals surface area contributed by atoms with E-state index in [2.05, 4.69) is 16.6 Å². The normalized spacial score (nSPS) is 16.7. The molecule has 1 saturated carbocycles. The molecule has 0 amide bonds. The van der Waals surface area contributed by atoms with Gasteiger partial charge in [-0.2, -0.15) is 5.10 Å². The Balaban J connectivity index is 2.00. The summed E-state index contributed by atoms with van der Waals surface area (Å²) in [6, 6.07) is 0. The van der Waals surface area contributed by atoms with Crippen molar-refractivity contribution in [3.05, 3.63) is 17.5 Å². The fourth-order valence-electron chi connectivity index (χ4n) is 2.24. The predicted octanol–water partition coefficient (Wildman–Crippen LogP) is 1.84. The molecule has 0 spiro atoms. The summed E-state index contributed by atoms with van der Waals surface area (Å²) in [5, 5.41) is 7.76. The minimum absolute atomic E-state index is 0.809. The van der Waals surface area contributed by atoms with Crippen LogP contribution in [0.15, 0.2) is 6.20 Å². The molecule has 0 bridgehead atoms. The minimum Gasteiger partial charge on any atom is -0.320 e. The third kappa shape index (κ3) is 2.40. The van der Waals surface area contributed by atoms with Crippen molar-refractivity contribution in [3.63, 3.8) is 0 Å². The summed E-state index contributed by atoms with van der Waals surface area (Å²) in [5.41, 5.74) is 2.84. The van der Waals surface area contributed by atoms with E-state index in [0.29, 0.717) is 0 Å². The summed E-state index contributed by atoms with van der Waals surface area (Å²) >= 11 is 0. The average Bonchev–Trinajstić information content (AvgIpc) is 2.45. The van der Waals surface area contributed by atoms with E-state index < -0.39 is 0 Å². The largest absolute Gasteiger partial charge is 0.320 e.